The predicted octanol–water partition coefficient (Wildman–Crippen LogP) is 6.66. The van der Waals surface area contributed by atoms with Crippen molar-refractivity contribution >= 4 is 23.0 Å². The fourth-order valence-electron chi connectivity index (χ4n) is 4.58. The van der Waals surface area contributed by atoms with E-state index >= 15 is 0 Å². The lowest BCUT2D eigenvalue weighted by Gasteiger charge is -2.37. The molecular weight excluding hydrogens is 370 g/mol. The highest BCUT2D eigenvalue weighted by Crippen LogP contribution is 2.43. The average molecular weight is 398 g/mol. The van der Waals surface area contributed by atoms with E-state index in [4.69, 9.17) is 14.7 Å². The van der Waals surface area contributed by atoms with Gasteiger partial charge in [-0.2, -0.15) is 0 Å². The predicted molar refractivity (Wildman–Crippen MR) is 122 cm³/mol. The summed E-state index contributed by atoms with van der Waals surface area (Å²) in [5, 5.41) is 0. The number of benzene rings is 2. The van der Waals surface area contributed by atoms with Crippen molar-refractivity contribution in [1.82, 2.24) is 4.98 Å². The fourth-order valence-corrected chi connectivity index (χ4v) is 4.58. The third kappa shape index (κ3) is 3.75. The van der Waals surface area contributed by atoms with E-state index in [0.717, 1.165) is 42.3 Å². The molecule has 1 atom stereocenters. The van der Waals surface area contributed by atoms with Crippen LogP contribution in [0.5, 0.6) is 0 Å². The van der Waals surface area contributed by atoms with Gasteiger partial charge in [0.1, 0.15) is 11.7 Å². The third-order valence-corrected chi connectivity index (χ3v) is 6.03. The smallest absolute Gasteiger partial charge is 0.144 e. The number of fused-ring (bicyclic) bond motifs is 1. The molecule has 2 aromatic carbocycles. The van der Waals surface area contributed by atoms with Crippen molar-refractivity contribution in [2.24, 2.45) is 4.99 Å². The molecule has 3 aromatic rings. The molecule has 152 valence electrons. The topological polar surface area (TPSA) is 37.7 Å². The minimum Gasteiger partial charge on any atom is -0.370 e. The molecule has 2 aliphatic rings. The molecular formula is C26H27N3O. The van der Waals surface area contributed by atoms with Crippen molar-refractivity contribution in [2.75, 3.05) is 4.90 Å². The molecule has 1 unspecified atom stereocenters. The van der Waals surface area contributed by atoms with Crippen LogP contribution in [0.3, 0.4) is 0 Å². The van der Waals surface area contributed by atoms with Gasteiger partial charge in [-0.25, -0.2) is 9.98 Å². The quantitative estimate of drug-likeness (QED) is 0.494. The zero-order valence-corrected chi connectivity index (χ0v) is 17.4. The van der Waals surface area contributed by atoms with Crippen LogP contribution >= 0.6 is 0 Å². The van der Waals surface area contributed by atoms with Crippen LogP contribution in [0.2, 0.25) is 0 Å². The Hall–Kier alpha value is -2.98. The molecule has 1 aromatic heterocycles. The lowest BCUT2D eigenvalue weighted by molar-refractivity contribution is -0.00669. The van der Waals surface area contributed by atoms with Crippen molar-refractivity contribution in [2.45, 2.75) is 51.2 Å². The molecule has 0 spiro atoms. The van der Waals surface area contributed by atoms with Gasteiger partial charge in [0.25, 0.3) is 0 Å². The fraction of sp³-hybridized carbons (Fsp3) is 0.308. The highest BCUT2D eigenvalue weighted by atomic mass is 16.5. The zero-order valence-electron chi connectivity index (χ0n) is 17.4. The number of anilines is 2. The summed E-state index contributed by atoms with van der Waals surface area (Å²) in [5.41, 5.74) is 4.44. The summed E-state index contributed by atoms with van der Waals surface area (Å²) in [6.07, 6.45) is 7.77. The molecule has 0 radical (unpaired) electrons. The van der Waals surface area contributed by atoms with Gasteiger partial charge in [0.15, 0.2) is 0 Å². The molecule has 30 heavy (non-hydrogen) atoms. The molecule has 0 saturated heterocycles. The molecule has 1 aliphatic carbocycles. The van der Waals surface area contributed by atoms with Crippen molar-refractivity contribution in [1.29, 1.82) is 0 Å². The lowest BCUT2D eigenvalue weighted by atomic mass is 9.95. The Morgan fingerprint density at radius 1 is 0.933 bits per heavy atom. The van der Waals surface area contributed by atoms with Crippen molar-refractivity contribution < 1.29 is 4.74 Å². The number of aryl methyl sites for hydroxylation is 1. The Morgan fingerprint density at radius 3 is 2.37 bits per heavy atom. The number of rotatable bonds is 4. The minimum atomic E-state index is -0.0146. The monoisotopic (exact) mass is 397 g/mol. The van der Waals surface area contributed by atoms with E-state index in [9.17, 15) is 0 Å². The van der Waals surface area contributed by atoms with Crippen LogP contribution in [-0.2, 0) is 4.74 Å². The van der Waals surface area contributed by atoms with Crippen LogP contribution in [0.1, 0.15) is 49.3 Å². The number of nitrogens with zero attached hydrogens (tertiary/aromatic N) is 3. The van der Waals surface area contributed by atoms with Crippen LogP contribution in [0, 0.1) is 6.92 Å². The summed E-state index contributed by atoms with van der Waals surface area (Å²) >= 11 is 0. The average Bonchev–Trinajstić information content (AvgIpc) is 3.28. The first-order chi connectivity index (χ1) is 14.8. The van der Waals surface area contributed by atoms with Crippen LogP contribution < -0.4 is 4.90 Å². The van der Waals surface area contributed by atoms with Gasteiger partial charge in [-0.05, 0) is 55.7 Å². The lowest BCUT2D eigenvalue weighted by Crippen LogP contribution is -2.36. The first kappa shape index (κ1) is 19.0. The van der Waals surface area contributed by atoms with E-state index in [1.54, 1.807) is 0 Å². The Balaban J connectivity index is 1.64. The molecule has 2 heterocycles. The molecule has 5 rings (SSSR count). The first-order valence-corrected chi connectivity index (χ1v) is 10.9. The number of hydrogen-bond acceptors (Lipinski definition) is 3. The van der Waals surface area contributed by atoms with E-state index in [1.165, 1.54) is 24.0 Å². The summed E-state index contributed by atoms with van der Waals surface area (Å²) in [6.45, 7) is 2.16. The molecule has 1 fully saturated rings. The van der Waals surface area contributed by atoms with Gasteiger partial charge in [0.05, 0.1) is 17.9 Å². The molecule has 0 bridgehead atoms. The largest absolute Gasteiger partial charge is 0.370 e. The zero-order chi connectivity index (χ0) is 20.3. The van der Waals surface area contributed by atoms with Gasteiger partial charge in [-0.15, -0.1) is 0 Å². The first-order valence-electron chi connectivity index (χ1n) is 10.9. The van der Waals surface area contributed by atoms with Crippen LogP contribution in [0.15, 0.2) is 77.9 Å². The van der Waals surface area contributed by atoms with Gasteiger partial charge < -0.3 is 4.74 Å². The molecule has 0 N–H and O–H groups in total. The maximum atomic E-state index is 6.66. The maximum Gasteiger partial charge on any atom is 0.144 e. The van der Waals surface area contributed by atoms with Gasteiger partial charge >= 0.3 is 0 Å². The van der Waals surface area contributed by atoms with Gasteiger partial charge in [0.2, 0.25) is 0 Å². The van der Waals surface area contributed by atoms with Crippen LogP contribution in [0.4, 0.5) is 17.2 Å². The second kappa shape index (κ2) is 8.41. The van der Waals surface area contributed by atoms with E-state index in [0.29, 0.717) is 6.10 Å². The highest BCUT2D eigenvalue weighted by Gasteiger charge is 2.35. The summed E-state index contributed by atoms with van der Waals surface area (Å²) in [6, 6.07) is 22.6. The minimum absolute atomic E-state index is 0.0146. The normalized spacial score (nSPS) is 20.5. The Kier molecular flexibility index (Phi) is 5.33. The number of para-hydroxylation sites is 2. The SMILES string of the molecule is Cc1ccnc2c1C(OC1CCCC1)CC(=Nc1ccccc1)N2c1ccccc1. The molecule has 1 aliphatic heterocycles. The molecule has 1 saturated carbocycles. The summed E-state index contributed by atoms with van der Waals surface area (Å²) in [4.78, 5) is 12.1. The number of hydrogen-bond donors (Lipinski definition) is 0. The highest BCUT2D eigenvalue weighted by molar-refractivity contribution is 6.07. The van der Waals surface area contributed by atoms with Crippen molar-refractivity contribution in [3.05, 3.63) is 84.1 Å². The third-order valence-electron chi connectivity index (χ3n) is 6.03. The second-order valence-electron chi connectivity index (χ2n) is 8.13. The van der Waals surface area contributed by atoms with E-state index < -0.39 is 0 Å². The van der Waals surface area contributed by atoms with E-state index in [1.807, 2.05) is 42.6 Å². The summed E-state index contributed by atoms with van der Waals surface area (Å²) < 4.78 is 6.66. The molecule has 4 heteroatoms. The van der Waals surface area contributed by atoms with Crippen molar-refractivity contribution in [3.8, 4) is 0 Å². The number of aliphatic imine (C=N–C) groups is 1. The number of amidine groups is 1. The second-order valence-corrected chi connectivity index (χ2v) is 8.13. The molecule has 0 amide bonds. The molecule has 4 nitrogen and oxygen atoms in total. The van der Waals surface area contributed by atoms with Gasteiger partial charge in [-0.1, -0.05) is 49.2 Å². The summed E-state index contributed by atoms with van der Waals surface area (Å²) in [5.74, 6) is 1.91. The Morgan fingerprint density at radius 2 is 1.63 bits per heavy atom. The number of aromatic nitrogens is 1. The van der Waals surface area contributed by atoms with Gasteiger partial charge in [-0.3, -0.25) is 4.90 Å². The van der Waals surface area contributed by atoms with Gasteiger partial charge in [0, 0.05) is 23.9 Å². The number of pyridine rings is 1. The Labute approximate surface area is 178 Å². The Bertz CT molecular complexity index is 1030. The van der Waals surface area contributed by atoms with Crippen LogP contribution in [0.25, 0.3) is 0 Å². The van der Waals surface area contributed by atoms with E-state index in [2.05, 4.69) is 42.2 Å². The van der Waals surface area contributed by atoms with Crippen molar-refractivity contribution in [3.63, 3.8) is 0 Å². The van der Waals surface area contributed by atoms with Crippen LogP contribution in [-0.4, -0.2) is 16.9 Å². The van der Waals surface area contributed by atoms with E-state index in [-0.39, 0.29) is 6.10 Å². The standard InChI is InChI=1S/C26H27N3O/c1-19-16-17-27-26-25(19)23(30-22-14-8-9-15-22)18-24(28-20-10-4-2-5-11-20)29(26)21-12-6-3-7-13-21/h2-7,10-13,16-17,22-23H,8-9,14-15,18H2,1H3. The summed E-state index contributed by atoms with van der Waals surface area (Å²) in [7, 11) is 0. The maximum absolute atomic E-state index is 6.66. The number of ether oxygens (including phenoxy) is 1.